The quantitative estimate of drug-likeness (QED) is 0.746. The van der Waals surface area contributed by atoms with E-state index >= 15 is 0 Å². The molecule has 0 radical (unpaired) electrons. The van der Waals surface area contributed by atoms with Crippen LogP contribution in [0.1, 0.15) is 26.7 Å². The van der Waals surface area contributed by atoms with E-state index in [0.717, 1.165) is 6.42 Å². The van der Waals surface area contributed by atoms with Crippen molar-refractivity contribution in [3.63, 3.8) is 0 Å². The van der Waals surface area contributed by atoms with E-state index in [1.807, 2.05) is 13.8 Å². The van der Waals surface area contributed by atoms with Gasteiger partial charge in [-0.05, 0) is 32.2 Å². The lowest BCUT2D eigenvalue weighted by Crippen LogP contribution is -2.40. The minimum atomic E-state index is -4.14. The van der Waals surface area contributed by atoms with Crippen LogP contribution in [0.5, 0.6) is 0 Å². The third-order valence-electron chi connectivity index (χ3n) is 3.58. The number of nitrogens with zero attached hydrogens (tertiary/aromatic N) is 1. The molecule has 0 aromatic carbocycles. The molecule has 1 saturated heterocycles. The predicted molar refractivity (Wildman–Crippen MR) is 71.4 cm³/mol. The molecule has 0 aliphatic carbocycles. The van der Waals surface area contributed by atoms with Crippen molar-refractivity contribution in [1.82, 2.24) is 15.5 Å². The van der Waals surface area contributed by atoms with Gasteiger partial charge in [-0.25, -0.2) is 0 Å². The van der Waals surface area contributed by atoms with Crippen LogP contribution < -0.4 is 10.6 Å². The van der Waals surface area contributed by atoms with E-state index in [1.165, 1.54) is 4.90 Å². The first-order valence-corrected chi connectivity index (χ1v) is 7.09. The molecule has 0 bridgehead atoms. The van der Waals surface area contributed by atoms with Crippen molar-refractivity contribution in [2.75, 3.05) is 32.7 Å². The number of amides is 1. The summed E-state index contributed by atoms with van der Waals surface area (Å²) in [5.41, 5.74) is 0. The molecule has 0 saturated carbocycles. The zero-order chi connectivity index (χ0) is 15.2. The zero-order valence-corrected chi connectivity index (χ0v) is 12.1. The molecule has 0 aromatic heterocycles. The molecule has 1 aliphatic rings. The molecule has 2 unspecified atom stereocenters. The van der Waals surface area contributed by atoms with Gasteiger partial charge in [-0.1, -0.05) is 6.92 Å². The van der Waals surface area contributed by atoms with Crippen molar-refractivity contribution < 1.29 is 18.0 Å². The molecule has 7 heteroatoms. The number of carbonyl (C=O) groups is 1. The lowest BCUT2D eigenvalue weighted by atomic mass is 10.1. The van der Waals surface area contributed by atoms with Crippen LogP contribution in [0.25, 0.3) is 0 Å². The Hall–Kier alpha value is -0.820. The number of nitrogens with one attached hydrogen (secondary N) is 2. The third kappa shape index (κ3) is 7.09. The van der Waals surface area contributed by atoms with E-state index in [0.29, 0.717) is 26.1 Å². The van der Waals surface area contributed by atoms with Crippen molar-refractivity contribution in [2.24, 2.45) is 5.92 Å². The van der Waals surface area contributed by atoms with Gasteiger partial charge in [-0.15, -0.1) is 0 Å². The Morgan fingerprint density at radius 1 is 1.45 bits per heavy atom. The number of halogens is 3. The fourth-order valence-electron chi connectivity index (χ4n) is 2.21. The summed E-state index contributed by atoms with van der Waals surface area (Å²) >= 11 is 0. The summed E-state index contributed by atoms with van der Waals surface area (Å²) in [6, 6.07) is 0.287. The Morgan fingerprint density at radius 3 is 2.75 bits per heavy atom. The first-order chi connectivity index (χ1) is 9.30. The second-order valence-electron chi connectivity index (χ2n) is 5.50. The molecular weight excluding hydrogens is 271 g/mol. The van der Waals surface area contributed by atoms with Crippen LogP contribution in [0.2, 0.25) is 0 Å². The van der Waals surface area contributed by atoms with Crippen LogP contribution in [0.15, 0.2) is 0 Å². The first kappa shape index (κ1) is 17.2. The maximum Gasteiger partial charge on any atom is 0.401 e. The number of rotatable bonds is 7. The van der Waals surface area contributed by atoms with Crippen LogP contribution >= 0.6 is 0 Å². The zero-order valence-electron chi connectivity index (χ0n) is 12.1. The summed E-state index contributed by atoms with van der Waals surface area (Å²) in [6.45, 7) is 4.74. The van der Waals surface area contributed by atoms with Crippen LogP contribution in [-0.4, -0.2) is 55.7 Å². The lowest BCUT2D eigenvalue weighted by Gasteiger charge is -2.18. The topological polar surface area (TPSA) is 44.4 Å². The Balaban J connectivity index is 2.16. The smallest absolute Gasteiger partial charge is 0.355 e. The van der Waals surface area contributed by atoms with Crippen molar-refractivity contribution in [3.05, 3.63) is 0 Å². The predicted octanol–water partition coefficient (Wildman–Crippen LogP) is 1.37. The van der Waals surface area contributed by atoms with Gasteiger partial charge < -0.3 is 10.6 Å². The van der Waals surface area contributed by atoms with Crippen molar-refractivity contribution in [3.8, 4) is 0 Å². The highest BCUT2D eigenvalue weighted by molar-refractivity contribution is 5.78. The van der Waals surface area contributed by atoms with Crippen molar-refractivity contribution >= 4 is 5.91 Å². The van der Waals surface area contributed by atoms with Gasteiger partial charge in [0, 0.05) is 19.1 Å². The maximum absolute atomic E-state index is 12.2. The van der Waals surface area contributed by atoms with Gasteiger partial charge in [0.25, 0.3) is 0 Å². The van der Waals surface area contributed by atoms with E-state index in [-0.39, 0.29) is 24.4 Å². The molecule has 2 atom stereocenters. The molecule has 20 heavy (non-hydrogen) atoms. The van der Waals surface area contributed by atoms with Crippen LogP contribution in [-0.2, 0) is 4.79 Å². The van der Waals surface area contributed by atoms with Gasteiger partial charge >= 0.3 is 6.18 Å². The summed E-state index contributed by atoms with van der Waals surface area (Å²) in [5, 5.41) is 5.85. The highest BCUT2D eigenvalue weighted by atomic mass is 19.4. The minimum absolute atomic E-state index is 0.0976. The molecule has 118 valence electrons. The average molecular weight is 295 g/mol. The Bertz CT molecular complexity index is 310. The molecule has 2 N–H and O–H groups in total. The van der Waals surface area contributed by atoms with Gasteiger partial charge in [0.1, 0.15) is 0 Å². The number of likely N-dealkylation sites (tertiary alicyclic amines) is 1. The second-order valence-corrected chi connectivity index (χ2v) is 5.50. The SMILES string of the molecule is CCC(C)NCC(=O)NCC1CCN(CC(F)(F)F)C1. The highest BCUT2D eigenvalue weighted by Crippen LogP contribution is 2.22. The van der Waals surface area contributed by atoms with Crippen LogP contribution in [0, 0.1) is 5.92 Å². The number of alkyl halides is 3. The van der Waals surface area contributed by atoms with Crippen molar-refractivity contribution in [1.29, 1.82) is 0 Å². The fraction of sp³-hybridized carbons (Fsp3) is 0.923. The van der Waals surface area contributed by atoms with Gasteiger partial charge in [-0.2, -0.15) is 13.2 Å². The summed E-state index contributed by atoms with van der Waals surface area (Å²) in [5.74, 6) is 0.0180. The highest BCUT2D eigenvalue weighted by Gasteiger charge is 2.34. The Labute approximate surface area is 118 Å². The van der Waals surface area contributed by atoms with Crippen LogP contribution in [0.3, 0.4) is 0 Å². The van der Waals surface area contributed by atoms with Crippen LogP contribution in [0.4, 0.5) is 13.2 Å². The van der Waals surface area contributed by atoms with E-state index in [4.69, 9.17) is 0 Å². The number of hydrogen-bond acceptors (Lipinski definition) is 3. The number of carbonyl (C=O) groups excluding carboxylic acids is 1. The molecule has 4 nitrogen and oxygen atoms in total. The minimum Gasteiger partial charge on any atom is -0.355 e. The molecule has 0 aromatic rings. The van der Waals surface area contributed by atoms with E-state index in [2.05, 4.69) is 10.6 Å². The first-order valence-electron chi connectivity index (χ1n) is 7.09. The molecule has 0 spiro atoms. The summed E-state index contributed by atoms with van der Waals surface area (Å²) in [7, 11) is 0. The van der Waals surface area contributed by atoms with E-state index in [9.17, 15) is 18.0 Å². The van der Waals surface area contributed by atoms with Gasteiger partial charge in [0.15, 0.2) is 0 Å². The molecule has 1 aliphatic heterocycles. The molecule has 1 rings (SSSR count). The third-order valence-corrected chi connectivity index (χ3v) is 3.58. The Morgan fingerprint density at radius 2 is 2.15 bits per heavy atom. The van der Waals surface area contributed by atoms with Gasteiger partial charge in [-0.3, -0.25) is 9.69 Å². The number of hydrogen-bond donors (Lipinski definition) is 2. The van der Waals surface area contributed by atoms with E-state index in [1.54, 1.807) is 0 Å². The summed E-state index contributed by atoms with van der Waals surface area (Å²) < 4.78 is 36.7. The Kier molecular flexibility index (Phi) is 6.75. The standard InChI is InChI=1S/C13H24F3N3O/c1-3-10(2)17-7-12(20)18-6-11-4-5-19(8-11)9-13(14,15)16/h10-11,17H,3-9H2,1-2H3,(H,18,20). The monoisotopic (exact) mass is 295 g/mol. The molecule has 1 heterocycles. The largest absolute Gasteiger partial charge is 0.401 e. The summed E-state index contributed by atoms with van der Waals surface area (Å²) in [4.78, 5) is 13.0. The average Bonchev–Trinajstić information content (AvgIpc) is 2.78. The normalized spacial score (nSPS) is 21.9. The second kappa shape index (κ2) is 7.83. The molecular formula is C13H24F3N3O. The lowest BCUT2D eigenvalue weighted by molar-refractivity contribution is -0.143. The fourth-order valence-corrected chi connectivity index (χ4v) is 2.21. The molecule has 1 amide bonds. The maximum atomic E-state index is 12.2. The van der Waals surface area contributed by atoms with E-state index < -0.39 is 12.7 Å². The van der Waals surface area contributed by atoms with Crippen molar-refractivity contribution in [2.45, 2.75) is 38.9 Å². The summed E-state index contributed by atoms with van der Waals surface area (Å²) in [6.07, 6.45) is -2.49. The molecule has 1 fully saturated rings. The van der Waals surface area contributed by atoms with Gasteiger partial charge in [0.2, 0.25) is 5.91 Å². The van der Waals surface area contributed by atoms with Gasteiger partial charge in [0.05, 0.1) is 13.1 Å².